The second-order valence-electron chi connectivity index (χ2n) is 7.48. The number of anilines is 1. The summed E-state index contributed by atoms with van der Waals surface area (Å²) >= 11 is 0. The maximum atomic E-state index is 14.4. The van der Waals surface area contributed by atoms with E-state index in [9.17, 15) is 4.39 Å². The fraction of sp³-hybridized carbons (Fsp3) is 0.667. The van der Waals surface area contributed by atoms with E-state index in [1.165, 1.54) is 6.42 Å². The van der Waals surface area contributed by atoms with Gasteiger partial charge < -0.3 is 10.6 Å². The van der Waals surface area contributed by atoms with Crippen LogP contribution in [-0.4, -0.2) is 13.1 Å². The van der Waals surface area contributed by atoms with Crippen molar-refractivity contribution in [3.63, 3.8) is 0 Å². The average Bonchev–Trinajstić information content (AvgIpc) is 2.63. The Morgan fingerprint density at radius 2 is 1.95 bits per heavy atom. The van der Waals surface area contributed by atoms with Crippen LogP contribution < -0.4 is 10.6 Å². The Kier molecular flexibility index (Phi) is 4.92. The summed E-state index contributed by atoms with van der Waals surface area (Å²) in [6.45, 7) is 10.7. The number of hydrogen-bond donors (Lipinski definition) is 1. The van der Waals surface area contributed by atoms with Crippen LogP contribution in [0, 0.1) is 17.2 Å². The third-order valence-corrected chi connectivity index (χ3v) is 4.79. The number of rotatable bonds is 2. The average molecular weight is 292 g/mol. The first-order valence-electron chi connectivity index (χ1n) is 8.09. The molecule has 0 aliphatic carbocycles. The Bertz CT molecular complexity index is 477. The minimum atomic E-state index is -0.140. The van der Waals surface area contributed by atoms with Crippen LogP contribution in [0.5, 0.6) is 0 Å². The molecule has 1 aromatic rings. The molecule has 0 saturated carbocycles. The van der Waals surface area contributed by atoms with Gasteiger partial charge >= 0.3 is 0 Å². The highest BCUT2D eigenvalue weighted by Gasteiger charge is 2.27. The van der Waals surface area contributed by atoms with Crippen molar-refractivity contribution in [2.75, 3.05) is 18.0 Å². The van der Waals surface area contributed by atoms with Crippen LogP contribution in [0.2, 0.25) is 0 Å². The molecule has 1 aliphatic rings. The topological polar surface area (TPSA) is 29.3 Å². The van der Waals surface area contributed by atoms with Crippen molar-refractivity contribution in [1.82, 2.24) is 0 Å². The number of halogens is 1. The van der Waals surface area contributed by atoms with Gasteiger partial charge in [0, 0.05) is 19.1 Å². The molecule has 1 aromatic carbocycles. The first-order valence-corrected chi connectivity index (χ1v) is 8.09. The molecule has 1 saturated heterocycles. The highest BCUT2D eigenvalue weighted by molar-refractivity contribution is 5.49. The molecule has 2 atom stereocenters. The smallest absolute Gasteiger partial charge is 0.146 e. The molecular formula is C18H29FN2. The highest BCUT2D eigenvalue weighted by atomic mass is 19.1. The summed E-state index contributed by atoms with van der Waals surface area (Å²) in [5.74, 6) is 0.577. The van der Waals surface area contributed by atoms with Crippen molar-refractivity contribution >= 4 is 5.69 Å². The van der Waals surface area contributed by atoms with Crippen LogP contribution in [-0.2, 0) is 0 Å². The zero-order chi connectivity index (χ0) is 15.6. The number of benzene rings is 1. The van der Waals surface area contributed by atoms with Crippen molar-refractivity contribution in [1.29, 1.82) is 0 Å². The Morgan fingerprint density at radius 1 is 1.24 bits per heavy atom. The number of nitrogens with two attached hydrogens (primary N) is 1. The second-order valence-corrected chi connectivity index (χ2v) is 7.48. The van der Waals surface area contributed by atoms with Gasteiger partial charge in [-0.25, -0.2) is 4.39 Å². The predicted octanol–water partition coefficient (Wildman–Crippen LogP) is 4.50. The van der Waals surface area contributed by atoms with E-state index in [0.717, 1.165) is 37.2 Å². The lowest BCUT2D eigenvalue weighted by Gasteiger charge is -2.30. The molecule has 2 rings (SSSR count). The molecule has 1 heterocycles. The van der Waals surface area contributed by atoms with Crippen molar-refractivity contribution in [3.8, 4) is 0 Å². The second kappa shape index (κ2) is 6.35. The van der Waals surface area contributed by atoms with E-state index in [1.54, 1.807) is 6.07 Å². The van der Waals surface area contributed by atoms with Gasteiger partial charge in [0.25, 0.3) is 0 Å². The van der Waals surface area contributed by atoms with Crippen LogP contribution in [0.15, 0.2) is 18.2 Å². The van der Waals surface area contributed by atoms with Crippen LogP contribution in [0.25, 0.3) is 0 Å². The summed E-state index contributed by atoms with van der Waals surface area (Å²) in [7, 11) is 0. The molecule has 0 amide bonds. The molecule has 0 spiro atoms. The summed E-state index contributed by atoms with van der Waals surface area (Å²) in [5, 5.41) is 0. The van der Waals surface area contributed by atoms with Gasteiger partial charge in [0.15, 0.2) is 0 Å². The molecule has 0 bridgehead atoms. The van der Waals surface area contributed by atoms with Crippen molar-refractivity contribution in [3.05, 3.63) is 29.6 Å². The molecule has 0 aromatic heterocycles. The fourth-order valence-electron chi connectivity index (χ4n) is 3.27. The van der Waals surface area contributed by atoms with Crippen LogP contribution >= 0.6 is 0 Å². The van der Waals surface area contributed by atoms with Gasteiger partial charge in [0.05, 0.1) is 5.69 Å². The van der Waals surface area contributed by atoms with Crippen molar-refractivity contribution < 1.29 is 4.39 Å². The maximum absolute atomic E-state index is 14.4. The SMILES string of the molecule is C[C@@H](N)c1ccc(N2CCCC(C(C)(C)C)CC2)c(F)c1. The molecule has 1 aliphatic heterocycles. The van der Waals surface area contributed by atoms with Crippen molar-refractivity contribution in [2.45, 2.75) is 53.0 Å². The monoisotopic (exact) mass is 292 g/mol. The standard InChI is InChI=1S/C18H29FN2/c1-13(20)14-7-8-17(16(19)12-14)21-10-5-6-15(9-11-21)18(2,3)4/h7-8,12-13,15H,5-6,9-11,20H2,1-4H3/t13-,15?/m1/s1. The molecule has 1 unspecified atom stereocenters. The van der Waals surface area contributed by atoms with Crippen LogP contribution in [0.1, 0.15) is 58.6 Å². The summed E-state index contributed by atoms with van der Waals surface area (Å²) in [4.78, 5) is 2.20. The first kappa shape index (κ1) is 16.3. The predicted molar refractivity (Wildman–Crippen MR) is 88.0 cm³/mol. The van der Waals surface area contributed by atoms with E-state index < -0.39 is 0 Å². The zero-order valence-corrected chi connectivity index (χ0v) is 13.8. The van der Waals surface area contributed by atoms with Gasteiger partial charge in [-0.1, -0.05) is 26.8 Å². The maximum Gasteiger partial charge on any atom is 0.146 e. The summed E-state index contributed by atoms with van der Waals surface area (Å²) in [6.07, 6.45) is 3.51. The summed E-state index contributed by atoms with van der Waals surface area (Å²) < 4.78 is 14.4. The largest absolute Gasteiger partial charge is 0.369 e. The molecule has 21 heavy (non-hydrogen) atoms. The lowest BCUT2D eigenvalue weighted by atomic mass is 9.77. The molecular weight excluding hydrogens is 263 g/mol. The summed E-state index contributed by atoms with van der Waals surface area (Å²) in [5.41, 5.74) is 7.75. The quantitative estimate of drug-likeness (QED) is 0.869. The van der Waals surface area contributed by atoms with Gasteiger partial charge in [-0.3, -0.25) is 0 Å². The van der Waals surface area contributed by atoms with E-state index in [0.29, 0.717) is 11.3 Å². The van der Waals surface area contributed by atoms with E-state index in [-0.39, 0.29) is 11.9 Å². The van der Waals surface area contributed by atoms with E-state index in [1.807, 2.05) is 19.1 Å². The van der Waals surface area contributed by atoms with E-state index >= 15 is 0 Å². The van der Waals surface area contributed by atoms with Gasteiger partial charge in [0.1, 0.15) is 5.82 Å². The molecule has 2 nitrogen and oxygen atoms in total. The molecule has 0 radical (unpaired) electrons. The van der Waals surface area contributed by atoms with Crippen LogP contribution in [0.4, 0.5) is 10.1 Å². The molecule has 3 heteroatoms. The van der Waals surface area contributed by atoms with Gasteiger partial charge in [-0.2, -0.15) is 0 Å². The Morgan fingerprint density at radius 3 is 2.52 bits per heavy atom. The molecule has 118 valence electrons. The Hall–Kier alpha value is -1.09. The zero-order valence-electron chi connectivity index (χ0n) is 13.8. The first-order chi connectivity index (χ1) is 9.79. The van der Waals surface area contributed by atoms with Gasteiger partial charge in [-0.15, -0.1) is 0 Å². The highest BCUT2D eigenvalue weighted by Crippen LogP contribution is 2.35. The summed E-state index contributed by atoms with van der Waals surface area (Å²) in [6, 6.07) is 5.32. The van der Waals surface area contributed by atoms with E-state index in [4.69, 9.17) is 5.73 Å². The van der Waals surface area contributed by atoms with Gasteiger partial charge in [-0.05, 0) is 55.2 Å². The Balaban J connectivity index is 2.12. The third kappa shape index (κ3) is 3.97. The molecule has 1 fully saturated rings. The number of nitrogens with zero attached hydrogens (tertiary/aromatic N) is 1. The van der Waals surface area contributed by atoms with Crippen LogP contribution in [0.3, 0.4) is 0 Å². The lowest BCUT2D eigenvalue weighted by Crippen LogP contribution is -2.27. The van der Waals surface area contributed by atoms with Gasteiger partial charge in [0.2, 0.25) is 0 Å². The molecule has 2 N–H and O–H groups in total. The number of hydrogen-bond acceptors (Lipinski definition) is 2. The third-order valence-electron chi connectivity index (χ3n) is 4.79. The minimum absolute atomic E-state index is 0.122. The fourth-order valence-corrected chi connectivity index (χ4v) is 3.27. The van der Waals surface area contributed by atoms with Crippen molar-refractivity contribution in [2.24, 2.45) is 17.1 Å². The normalized spacial score (nSPS) is 22.0. The lowest BCUT2D eigenvalue weighted by molar-refractivity contribution is 0.220. The van der Waals surface area contributed by atoms with E-state index in [2.05, 4.69) is 25.7 Å². The Labute approximate surface area is 128 Å². The minimum Gasteiger partial charge on any atom is -0.369 e.